The number of carbonyl (C=O) groups excluding carboxylic acids is 1. The van der Waals surface area contributed by atoms with Crippen LogP contribution in [0.1, 0.15) is 24.3 Å². The zero-order chi connectivity index (χ0) is 20.6. The Morgan fingerprint density at radius 3 is 2.57 bits per heavy atom. The third-order valence-corrected chi connectivity index (χ3v) is 7.67. The average molecular weight is 485 g/mol. The van der Waals surface area contributed by atoms with Crippen LogP contribution in [0.4, 0.5) is 4.79 Å². The molecular weight excluding hydrogens is 454 g/mol. The van der Waals surface area contributed by atoms with Crippen LogP contribution < -0.4 is 4.74 Å². The summed E-state index contributed by atoms with van der Waals surface area (Å²) in [7, 11) is -1.21. The van der Waals surface area contributed by atoms with E-state index >= 15 is 0 Å². The lowest BCUT2D eigenvalue weighted by Gasteiger charge is -2.25. The van der Waals surface area contributed by atoms with Crippen molar-refractivity contribution >= 4 is 41.4 Å². The highest BCUT2D eigenvalue weighted by molar-refractivity contribution is 9.10. The predicted molar refractivity (Wildman–Crippen MR) is 123 cm³/mol. The summed E-state index contributed by atoms with van der Waals surface area (Å²) in [4.78, 5) is 15.4. The van der Waals surface area contributed by atoms with Crippen LogP contribution in [0.15, 0.2) is 46.3 Å². The second-order valence-corrected chi connectivity index (χ2v) is 15.3. The number of hydrogen-bond acceptors (Lipinski definition) is 4. The molecule has 0 saturated heterocycles. The van der Waals surface area contributed by atoms with Gasteiger partial charge in [-0.1, -0.05) is 37.8 Å². The topological polar surface area (TPSA) is 38.8 Å². The van der Waals surface area contributed by atoms with E-state index in [-0.39, 0.29) is 12.2 Å². The fourth-order valence-electron chi connectivity index (χ4n) is 2.61. The number of thiophene rings is 1. The summed E-state index contributed by atoms with van der Waals surface area (Å²) in [5, 5.41) is 2.05. The number of rotatable bonds is 10. The molecule has 0 fully saturated rings. The van der Waals surface area contributed by atoms with Gasteiger partial charge in [0, 0.05) is 32.5 Å². The van der Waals surface area contributed by atoms with Crippen LogP contribution in [-0.4, -0.2) is 38.8 Å². The maximum atomic E-state index is 12.4. The Bertz CT molecular complexity index is 734. The van der Waals surface area contributed by atoms with Gasteiger partial charge in [0.25, 0.3) is 0 Å². The Balaban J connectivity index is 1.97. The molecule has 154 valence electrons. The van der Waals surface area contributed by atoms with E-state index in [2.05, 4.69) is 41.6 Å². The lowest BCUT2D eigenvalue weighted by atomic mass is 10.2. The summed E-state index contributed by atoms with van der Waals surface area (Å²) in [5.41, 5.74) is 0. The molecule has 0 aliphatic rings. The Kier molecular flexibility index (Phi) is 9.04. The minimum absolute atomic E-state index is 0.109. The summed E-state index contributed by atoms with van der Waals surface area (Å²) < 4.78 is 12.7. The van der Waals surface area contributed by atoms with Gasteiger partial charge in [0.2, 0.25) is 0 Å². The van der Waals surface area contributed by atoms with E-state index < -0.39 is 8.07 Å². The van der Waals surface area contributed by atoms with Gasteiger partial charge in [-0.3, -0.25) is 0 Å². The molecule has 1 amide bonds. The fraction of sp³-hybridized carbons (Fsp3) is 0.476. The van der Waals surface area contributed by atoms with Crippen molar-refractivity contribution in [3.05, 3.63) is 51.1 Å². The number of halogens is 1. The first-order chi connectivity index (χ1) is 13.3. The van der Waals surface area contributed by atoms with Crippen molar-refractivity contribution in [2.75, 3.05) is 19.7 Å². The van der Waals surface area contributed by atoms with Crippen LogP contribution in [0.5, 0.6) is 5.75 Å². The van der Waals surface area contributed by atoms with E-state index in [1.807, 2.05) is 42.6 Å². The highest BCUT2D eigenvalue weighted by Gasteiger charge is 2.21. The molecule has 7 heteroatoms. The quantitative estimate of drug-likeness (QED) is 0.348. The van der Waals surface area contributed by atoms with Gasteiger partial charge in [0.05, 0.1) is 11.1 Å². The Morgan fingerprint density at radius 1 is 1.21 bits per heavy atom. The van der Waals surface area contributed by atoms with Crippen molar-refractivity contribution in [1.29, 1.82) is 0 Å². The molecule has 28 heavy (non-hydrogen) atoms. The molecule has 4 nitrogen and oxygen atoms in total. The smallest absolute Gasteiger partial charge is 0.409 e. The largest absolute Gasteiger partial charge is 0.484 e. The van der Waals surface area contributed by atoms with Gasteiger partial charge in [0.1, 0.15) is 11.9 Å². The zero-order valence-electron chi connectivity index (χ0n) is 17.1. The lowest BCUT2D eigenvalue weighted by molar-refractivity contribution is 0.101. The number of nitrogens with zero attached hydrogens (tertiary/aromatic N) is 1. The molecule has 1 aromatic carbocycles. The van der Waals surface area contributed by atoms with Crippen LogP contribution in [0.25, 0.3) is 0 Å². The maximum absolute atomic E-state index is 12.4. The highest BCUT2D eigenvalue weighted by atomic mass is 79.9. The Labute approximate surface area is 182 Å². The summed E-state index contributed by atoms with van der Waals surface area (Å²) in [6.45, 7) is 10.5. The fourth-order valence-corrected chi connectivity index (χ4v) is 4.50. The first kappa shape index (κ1) is 23.0. The van der Waals surface area contributed by atoms with Crippen LogP contribution in [0.3, 0.4) is 0 Å². The molecule has 1 aromatic heterocycles. The van der Waals surface area contributed by atoms with E-state index in [1.54, 1.807) is 16.2 Å². The van der Waals surface area contributed by atoms with Gasteiger partial charge >= 0.3 is 6.09 Å². The Morgan fingerprint density at radius 2 is 1.96 bits per heavy atom. The standard InChI is InChI=1S/C21H30BrNO3SSi/c1-5-23(21(24)25-14-16-28(2,3)4)13-12-19(20-11-8-15-27-20)26-18-10-7-6-9-17(18)22/h6-11,15,19H,5,12-14,16H2,1-4H3/t19-/m1/s1. The van der Waals surface area contributed by atoms with Gasteiger partial charge in [-0.15, -0.1) is 11.3 Å². The van der Waals surface area contributed by atoms with Crippen molar-refractivity contribution in [3.8, 4) is 5.75 Å². The van der Waals surface area contributed by atoms with Crippen LogP contribution in [-0.2, 0) is 4.74 Å². The molecule has 0 aliphatic carbocycles. The number of ether oxygens (including phenoxy) is 2. The van der Waals surface area contributed by atoms with Gasteiger partial charge in [-0.05, 0) is 52.5 Å². The van der Waals surface area contributed by atoms with E-state index in [4.69, 9.17) is 9.47 Å². The molecule has 0 saturated carbocycles. The van der Waals surface area contributed by atoms with Crippen molar-refractivity contribution < 1.29 is 14.3 Å². The third kappa shape index (κ3) is 7.60. The summed E-state index contributed by atoms with van der Waals surface area (Å²) in [5.74, 6) is 0.807. The number of carbonyl (C=O) groups is 1. The van der Waals surface area contributed by atoms with Crippen molar-refractivity contribution in [3.63, 3.8) is 0 Å². The summed E-state index contributed by atoms with van der Waals surface area (Å²) in [6, 6.07) is 12.9. The first-order valence-electron chi connectivity index (χ1n) is 9.66. The van der Waals surface area contributed by atoms with Crippen LogP contribution >= 0.6 is 27.3 Å². The third-order valence-electron chi connectivity index (χ3n) is 4.35. The zero-order valence-corrected chi connectivity index (χ0v) is 20.5. The second-order valence-electron chi connectivity index (χ2n) is 7.85. The minimum atomic E-state index is -1.21. The van der Waals surface area contributed by atoms with Gasteiger partial charge in [0.15, 0.2) is 0 Å². The van der Waals surface area contributed by atoms with Crippen molar-refractivity contribution in [2.24, 2.45) is 0 Å². The predicted octanol–water partition coefficient (Wildman–Crippen LogP) is 6.82. The van der Waals surface area contributed by atoms with E-state index in [0.29, 0.717) is 26.1 Å². The lowest BCUT2D eigenvalue weighted by Crippen LogP contribution is -2.34. The van der Waals surface area contributed by atoms with Gasteiger partial charge in [-0.2, -0.15) is 0 Å². The number of hydrogen-bond donors (Lipinski definition) is 0. The molecule has 0 radical (unpaired) electrons. The van der Waals surface area contributed by atoms with E-state index in [9.17, 15) is 4.79 Å². The van der Waals surface area contributed by atoms with Crippen molar-refractivity contribution in [2.45, 2.75) is 45.1 Å². The highest BCUT2D eigenvalue weighted by Crippen LogP contribution is 2.32. The SMILES string of the molecule is CCN(CC[C@@H](Oc1ccccc1Br)c1cccs1)C(=O)OCC[Si](C)(C)C. The van der Waals surface area contributed by atoms with E-state index in [0.717, 1.165) is 21.1 Å². The molecule has 0 aliphatic heterocycles. The molecule has 2 aromatic rings. The minimum Gasteiger partial charge on any atom is -0.484 e. The Hall–Kier alpha value is -1.31. The molecular formula is C21H30BrNO3SSi. The number of para-hydroxylation sites is 1. The average Bonchev–Trinajstić information content (AvgIpc) is 3.16. The summed E-state index contributed by atoms with van der Waals surface area (Å²) in [6.07, 6.45) is 0.368. The molecule has 0 unspecified atom stereocenters. The number of amides is 1. The van der Waals surface area contributed by atoms with Gasteiger partial charge < -0.3 is 14.4 Å². The second kappa shape index (κ2) is 11.0. The molecule has 0 N–H and O–H groups in total. The monoisotopic (exact) mass is 483 g/mol. The molecule has 0 bridgehead atoms. The van der Waals surface area contributed by atoms with Gasteiger partial charge in [-0.25, -0.2) is 4.79 Å². The summed E-state index contributed by atoms with van der Waals surface area (Å²) >= 11 is 5.22. The van der Waals surface area contributed by atoms with Crippen LogP contribution in [0.2, 0.25) is 25.7 Å². The molecule has 1 heterocycles. The molecule has 0 spiro atoms. The molecule has 1 atom stereocenters. The molecule has 2 rings (SSSR count). The normalized spacial score (nSPS) is 12.5. The first-order valence-corrected chi connectivity index (χ1v) is 15.0. The van der Waals surface area contributed by atoms with E-state index in [1.165, 1.54) is 0 Å². The van der Waals surface area contributed by atoms with Crippen LogP contribution in [0, 0.1) is 0 Å². The van der Waals surface area contributed by atoms with Crippen molar-refractivity contribution in [1.82, 2.24) is 4.90 Å². The number of benzene rings is 1. The maximum Gasteiger partial charge on any atom is 0.409 e.